The number of aromatic nitrogens is 2. The van der Waals surface area contributed by atoms with Crippen molar-refractivity contribution in [3.8, 4) is 5.69 Å². The molecular weight excluding hydrogens is 466 g/mol. The van der Waals surface area contributed by atoms with Crippen LogP contribution in [0.1, 0.15) is 31.7 Å². The Kier molecular flexibility index (Phi) is 7.62. The topological polar surface area (TPSA) is 113 Å². The van der Waals surface area contributed by atoms with E-state index >= 15 is 0 Å². The van der Waals surface area contributed by atoms with E-state index in [-0.39, 0.29) is 22.8 Å². The molecule has 0 atom stereocenters. The molecule has 10 heteroatoms. The number of para-hydroxylation sites is 1. The zero-order chi connectivity index (χ0) is 24.8. The maximum atomic E-state index is 13.0. The van der Waals surface area contributed by atoms with Crippen LogP contribution in [0.2, 0.25) is 0 Å². The van der Waals surface area contributed by atoms with Crippen molar-refractivity contribution < 1.29 is 18.0 Å². The molecule has 0 spiro atoms. The summed E-state index contributed by atoms with van der Waals surface area (Å²) in [6, 6.07) is 15.9. The van der Waals surface area contributed by atoms with E-state index in [1.54, 1.807) is 23.0 Å². The van der Waals surface area contributed by atoms with Crippen molar-refractivity contribution in [2.24, 2.45) is 0 Å². The molecule has 1 aliphatic rings. The fourth-order valence-electron chi connectivity index (χ4n) is 4.07. The number of aryl methyl sites for hydroxylation is 1. The molecule has 0 radical (unpaired) electrons. The lowest BCUT2D eigenvalue weighted by molar-refractivity contribution is -0.122. The van der Waals surface area contributed by atoms with Crippen molar-refractivity contribution >= 4 is 27.5 Å². The van der Waals surface area contributed by atoms with E-state index in [0.29, 0.717) is 44.5 Å². The van der Waals surface area contributed by atoms with Crippen molar-refractivity contribution in [3.63, 3.8) is 0 Å². The predicted octanol–water partition coefficient (Wildman–Crippen LogP) is 2.73. The molecule has 0 saturated carbocycles. The minimum atomic E-state index is -3.63. The number of hydrogen-bond donors (Lipinski definition) is 2. The molecule has 2 amide bonds. The molecule has 2 N–H and O–H groups in total. The SMILES string of the molecule is CC(=O)Nc1ccc(S(=O)(=O)N2CCC(NC(=O)CCc3cnn(-c4ccccc4)c3)CC2)cc1. The van der Waals surface area contributed by atoms with Gasteiger partial charge in [-0.25, -0.2) is 13.1 Å². The zero-order valence-electron chi connectivity index (χ0n) is 19.6. The Morgan fingerprint density at radius 2 is 1.71 bits per heavy atom. The summed E-state index contributed by atoms with van der Waals surface area (Å²) in [6.07, 6.45) is 5.74. The number of rotatable bonds is 8. The number of hydrogen-bond acceptors (Lipinski definition) is 5. The van der Waals surface area contributed by atoms with Crippen molar-refractivity contribution in [1.29, 1.82) is 0 Å². The van der Waals surface area contributed by atoms with Crippen molar-refractivity contribution in [3.05, 3.63) is 72.6 Å². The largest absolute Gasteiger partial charge is 0.353 e. The second-order valence-corrected chi connectivity index (χ2v) is 10.5. The Labute approximate surface area is 205 Å². The van der Waals surface area contributed by atoms with Crippen LogP contribution >= 0.6 is 0 Å². The molecule has 4 rings (SSSR count). The number of benzene rings is 2. The van der Waals surface area contributed by atoms with E-state index in [1.807, 2.05) is 36.5 Å². The van der Waals surface area contributed by atoms with Gasteiger partial charge in [0.2, 0.25) is 21.8 Å². The van der Waals surface area contributed by atoms with Crippen LogP contribution in [0.4, 0.5) is 5.69 Å². The summed E-state index contributed by atoms with van der Waals surface area (Å²) >= 11 is 0. The van der Waals surface area contributed by atoms with Crippen LogP contribution in [-0.2, 0) is 26.0 Å². The molecule has 9 nitrogen and oxygen atoms in total. The first-order chi connectivity index (χ1) is 16.8. The highest BCUT2D eigenvalue weighted by molar-refractivity contribution is 7.89. The molecule has 2 heterocycles. The molecular formula is C25H29N5O4S. The molecule has 3 aromatic rings. The van der Waals surface area contributed by atoms with Crippen molar-refractivity contribution in [2.45, 2.75) is 43.5 Å². The first-order valence-electron chi connectivity index (χ1n) is 11.6. The van der Waals surface area contributed by atoms with E-state index in [4.69, 9.17) is 0 Å². The Morgan fingerprint density at radius 3 is 2.37 bits per heavy atom. The van der Waals surface area contributed by atoms with E-state index in [1.165, 1.54) is 23.4 Å². The molecule has 1 aromatic heterocycles. The summed E-state index contributed by atoms with van der Waals surface area (Å²) in [5.74, 6) is -0.265. The molecule has 1 saturated heterocycles. The number of amides is 2. The monoisotopic (exact) mass is 495 g/mol. The van der Waals surface area contributed by atoms with Crippen LogP contribution < -0.4 is 10.6 Å². The first-order valence-corrected chi connectivity index (χ1v) is 13.0. The van der Waals surface area contributed by atoms with E-state index in [0.717, 1.165) is 11.3 Å². The number of anilines is 1. The van der Waals surface area contributed by atoms with Gasteiger partial charge < -0.3 is 10.6 Å². The van der Waals surface area contributed by atoms with Gasteiger partial charge >= 0.3 is 0 Å². The third kappa shape index (κ3) is 6.34. The van der Waals surface area contributed by atoms with E-state index < -0.39 is 10.0 Å². The molecule has 184 valence electrons. The quantitative estimate of drug-likeness (QED) is 0.499. The highest BCUT2D eigenvalue weighted by atomic mass is 32.2. The van der Waals surface area contributed by atoms with Gasteiger partial charge in [-0.1, -0.05) is 18.2 Å². The predicted molar refractivity (Wildman–Crippen MR) is 133 cm³/mol. The molecule has 1 fully saturated rings. The van der Waals surface area contributed by atoms with Crippen molar-refractivity contribution in [2.75, 3.05) is 18.4 Å². The molecule has 0 aliphatic carbocycles. The number of carbonyl (C=O) groups is 2. The molecule has 0 bridgehead atoms. The molecule has 0 unspecified atom stereocenters. The minimum absolute atomic E-state index is 0.0488. The second-order valence-electron chi connectivity index (χ2n) is 8.58. The number of nitrogens with one attached hydrogen (secondary N) is 2. The third-order valence-electron chi connectivity index (χ3n) is 5.93. The number of piperidine rings is 1. The third-order valence-corrected chi connectivity index (χ3v) is 7.84. The number of sulfonamides is 1. The summed E-state index contributed by atoms with van der Waals surface area (Å²) in [7, 11) is -3.63. The average Bonchev–Trinajstić information content (AvgIpc) is 3.33. The van der Waals surface area contributed by atoms with Gasteiger partial charge in [-0.15, -0.1) is 0 Å². The highest BCUT2D eigenvalue weighted by Crippen LogP contribution is 2.22. The van der Waals surface area contributed by atoms with Crippen LogP contribution in [0.15, 0.2) is 71.9 Å². The fraction of sp³-hybridized carbons (Fsp3) is 0.320. The smallest absolute Gasteiger partial charge is 0.243 e. The summed E-state index contributed by atoms with van der Waals surface area (Å²) in [6.45, 7) is 2.07. The van der Waals surface area contributed by atoms with Crippen molar-refractivity contribution in [1.82, 2.24) is 19.4 Å². The summed E-state index contributed by atoms with van der Waals surface area (Å²) in [5, 5.41) is 10.0. The Balaban J connectivity index is 1.24. The van der Waals surface area contributed by atoms with Crippen LogP contribution in [0.3, 0.4) is 0 Å². The summed E-state index contributed by atoms with van der Waals surface area (Å²) in [5.41, 5.74) is 2.49. The lowest BCUT2D eigenvalue weighted by Gasteiger charge is -2.31. The summed E-state index contributed by atoms with van der Waals surface area (Å²) in [4.78, 5) is 23.8. The van der Waals surface area contributed by atoms with Gasteiger partial charge in [0.25, 0.3) is 0 Å². The lowest BCUT2D eigenvalue weighted by atomic mass is 10.1. The highest BCUT2D eigenvalue weighted by Gasteiger charge is 2.30. The van der Waals surface area contributed by atoms with Crippen LogP contribution in [-0.4, -0.2) is 53.4 Å². The van der Waals surface area contributed by atoms with Gasteiger partial charge in [0.1, 0.15) is 0 Å². The van der Waals surface area contributed by atoms with Gasteiger partial charge in [-0.3, -0.25) is 9.59 Å². The maximum Gasteiger partial charge on any atom is 0.243 e. The molecule has 2 aromatic carbocycles. The van der Waals surface area contributed by atoms with Crippen LogP contribution in [0.5, 0.6) is 0 Å². The summed E-state index contributed by atoms with van der Waals surface area (Å²) < 4.78 is 29.1. The zero-order valence-corrected chi connectivity index (χ0v) is 20.4. The Morgan fingerprint density at radius 1 is 1.03 bits per heavy atom. The first kappa shape index (κ1) is 24.6. The normalized spacial score (nSPS) is 15.0. The Bertz CT molecular complexity index is 1260. The van der Waals surface area contributed by atoms with Gasteiger partial charge in [0, 0.05) is 44.4 Å². The van der Waals surface area contributed by atoms with Gasteiger partial charge in [0.15, 0.2) is 0 Å². The molecule has 1 aliphatic heterocycles. The number of nitrogens with zero attached hydrogens (tertiary/aromatic N) is 3. The van der Waals surface area contributed by atoms with Gasteiger partial charge in [-0.2, -0.15) is 9.40 Å². The van der Waals surface area contributed by atoms with Gasteiger partial charge in [-0.05, 0) is 61.2 Å². The van der Waals surface area contributed by atoms with E-state index in [9.17, 15) is 18.0 Å². The second kappa shape index (κ2) is 10.8. The standard InChI is InChI=1S/C25H29N5O4S/c1-19(31)27-21-8-10-24(11-9-21)35(33,34)29-15-13-22(14-16-29)28-25(32)12-7-20-17-26-30(18-20)23-5-3-2-4-6-23/h2-6,8-11,17-18,22H,7,12-16H2,1H3,(H,27,31)(H,28,32). The minimum Gasteiger partial charge on any atom is -0.353 e. The van der Waals surface area contributed by atoms with Crippen LogP contribution in [0.25, 0.3) is 5.69 Å². The van der Waals surface area contributed by atoms with Crippen LogP contribution in [0, 0.1) is 0 Å². The average molecular weight is 496 g/mol. The molecule has 35 heavy (non-hydrogen) atoms. The van der Waals surface area contributed by atoms with Gasteiger partial charge in [0.05, 0.1) is 16.8 Å². The number of carbonyl (C=O) groups excluding carboxylic acids is 2. The fourth-order valence-corrected chi connectivity index (χ4v) is 5.54. The Hall–Kier alpha value is -3.50. The van der Waals surface area contributed by atoms with E-state index in [2.05, 4.69) is 15.7 Å². The maximum absolute atomic E-state index is 13.0. The lowest BCUT2D eigenvalue weighted by Crippen LogP contribution is -2.46.